The van der Waals surface area contributed by atoms with E-state index in [0.29, 0.717) is 6.04 Å². The van der Waals surface area contributed by atoms with Crippen molar-refractivity contribution in [1.29, 1.82) is 0 Å². The van der Waals surface area contributed by atoms with Crippen LogP contribution in [0, 0.1) is 0 Å². The van der Waals surface area contributed by atoms with Crippen LogP contribution in [0.1, 0.15) is 38.2 Å². The van der Waals surface area contributed by atoms with Crippen LogP contribution in [0.5, 0.6) is 0 Å². The van der Waals surface area contributed by atoms with Gasteiger partial charge in [-0.3, -0.25) is 0 Å². The molecule has 4 heteroatoms. The van der Waals surface area contributed by atoms with Gasteiger partial charge >= 0.3 is 0 Å². The Morgan fingerprint density at radius 2 is 2.28 bits per heavy atom. The fourth-order valence-corrected chi connectivity index (χ4v) is 2.87. The maximum absolute atomic E-state index is 6.39. The largest absolute Gasteiger partial charge is 0.353 e. The van der Waals surface area contributed by atoms with Gasteiger partial charge in [-0.05, 0) is 38.4 Å². The van der Waals surface area contributed by atoms with Crippen molar-refractivity contribution in [2.24, 2.45) is 0 Å². The third-order valence-corrected chi connectivity index (χ3v) is 3.86. The van der Waals surface area contributed by atoms with Crippen molar-refractivity contribution in [2.75, 3.05) is 18.5 Å². The van der Waals surface area contributed by atoms with Gasteiger partial charge in [0.15, 0.2) is 0 Å². The SMILES string of the molecule is CNCc1cnc(N2CCCCCC2C)c(Cl)c1. The summed E-state index contributed by atoms with van der Waals surface area (Å²) >= 11 is 6.39. The fourth-order valence-electron chi connectivity index (χ4n) is 2.57. The molecule has 0 spiro atoms. The topological polar surface area (TPSA) is 28.2 Å². The van der Waals surface area contributed by atoms with Crippen LogP contribution in [-0.4, -0.2) is 24.6 Å². The average molecular weight is 268 g/mol. The molecule has 1 fully saturated rings. The predicted molar refractivity (Wildman–Crippen MR) is 77.3 cm³/mol. The molecule has 0 radical (unpaired) electrons. The van der Waals surface area contributed by atoms with Crippen molar-refractivity contribution in [3.8, 4) is 0 Å². The lowest BCUT2D eigenvalue weighted by Gasteiger charge is -2.29. The van der Waals surface area contributed by atoms with Crippen molar-refractivity contribution in [3.63, 3.8) is 0 Å². The lowest BCUT2D eigenvalue weighted by Crippen LogP contribution is -2.33. The van der Waals surface area contributed by atoms with Gasteiger partial charge in [-0.2, -0.15) is 0 Å². The smallest absolute Gasteiger partial charge is 0.147 e. The Hall–Kier alpha value is -0.800. The highest BCUT2D eigenvalue weighted by Gasteiger charge is 2.20. The Labute approximate surface area is 115 Å². The molecule has 1 unspecified atom stereocenters. The lowest BCUT2D eigenvalue weighted by atomic mass is 10.1. The molecule has 1 aromatic heterocycles. The van der Waals surface area contributed by atoms with Crippen LogP contribution in [0.25, 0.3) is 0 Å². The summed E-state index contributed by atoms with van der Waals surface area (Å²) in [6.07, 6.45) is 7.02. The van der Waals surface area contributed by atoms with E-state index in [1.807, 2.05) is 19.3 Å². The second-order valence-corrected chi connectivity index (χ2v) is 5.48. The van der Waals surface area contributed by atoms with Gasteiger partial charge < -0.3 is 10.2 Å². The molecule has 1 N–H and O–H groups in total. The number of rotatable bonds is 3. The maximum Gasteiger partial charge on any atom is 0.147 e. The van der Waals surface area contributed by atoms with Crippen LogP contribution in [0.15, 0.2) is 12.3 Å². The minimum Gasteiger partial charge on any atom is -0.353 e. The highest BCUT2D eigenvalue weighted by atomic mass is 35.5. The third kappa shape index (κ3) is 3.15. The molecule has 1 aromatic rings. The highest BCUT2D eigenvalue weighted by Crippen LogP contribution is 2.29. The molecular weight excluding hydrogens is 246 g/mol. The fraction of sp³-hybridized carbons (Fsp3) is 0.643. The van der Waals surface area contributed by atoms with Gasteiger partial charge in [-0.1, -0.05) is 24.4 Å². The maximum atomic E-state index is 6.39. The molecule has 1 aliphatic rings. The van der Waals surface area contributed by atoms with Gasteiger partial charge in [0.1, 0.15) is 5.82 Å². The van der Waals surface area contributed by atoms with E-state index < -0.39 is 0 Å². The molecule has 2 heterocycles. The van der Waals surface area contributed by atoms with E-state index in [1.54, 1.807) is 0 Å². The molecule has 0 aliphatic carbocycles. The minimum atomic E-state index is 0.535. The molecule has 3 nitrogen and oxygen atoms in total. The van der Waals surface area contributed by atoms with Crippen molar-refractivity contribution in [3.05, 3.63) is 22.8 Å². The van der Waals surface area contributed by atoms with Gasteiger partial charge in [0.25, 0.3) is 0 Å². The number of aromatic nitrogens is 1. The normalized spacial score (nSPS) is 20.8. The Morgan fingerprint density at radius 1 is 1.44 bits per heavy atom. The number of hydrogen-bond donors (Lipinski definition) is 1. The Morgan fingerprint density at radius 3 is 3.00 bits per heavy atom. The summed E-state index contributed by atoms with van der Waals surface area (Å²) < 4.78 is 0. The van der Waals surface area contributed by atoms with E-state index in [4.69, 9.17) is 11.6 Å². The second kappa shape index (κ2) is 6.39. The summed E-state index contributed by atoms with van der Waals surface area (Å²) in [5, 5.41) is 3.89. The first-order valence-electron chi connectivity index (χ1n) is 6.78. The van der Waals surface area contributed by atoms with Gasteiger partial charge in [-0.25, -0.2) is 4.98 Å². The summed E-state index contributed by atoms with van der Waals surface area (Å²) in [6.45, 7) is 4.15. The number of halogens is 1. The molecule has 1 atom stereocenters. The summed E-state index contributed by atoms with van der Waals surface area (Å²) in [6, 6.07) is 2.56. The summed E-state index contributed by atoms with van der Waals surface area (Å²) in [5.41, 5.74) is 1.13. The number of nitrogens with one attached hydrogen (secondary N) is 1. The van der Waals surface area contributed by atoms with Gasteiger partial charge in [0.2, 0.25) is 0 Å². The van der Waals surface area contributed by atoms with Crippen molar-refractivity contribution >= 4 is 17.4 Å². The van der Waals surface area contributed by atoms with E-state index in [-0.39, 0.29) is 0 Å². The average Bonchev–Trinajstić information content (AvgIpc) is 2.55. The summed E-state index contributed by atoms with van der Waals surface area (Å²) in [4.78, 5) is 6.93. The molecule has 18 heavy (non-hydrogen) atoms. The third-order valence-electron chi connectivity index (χ3n) is 3.58. The monoisotopic (exact) mass is 267 g/mol. The zero-order chi connectivity index (χ0) is 13.0. The van der Waals surface area contributed by atoms with Crippen LogP contribution in [-0.2, 0) is 6.54 Å². The first-order valence-corrected chi connectivity index (χ1v) is 7.16. The van der Waals surface area contributed by atoms with Crippen LogP contribution in [0.3, 0.4) is 0 Å². The van der Waals surface area contributed by atoms with Crippen LogP contribution in [0.2, 0.25) is 5.02 Å². The number of pyridine rings is 1. The quantitative estimate of drug-likeness (QED) is 0.911. The first kappa shape index (κ1) is 13.6. The van der Waals surface area contributed by atoms with Gasteiger partial charge in [0, 0.05) is 25.3 Å². The molecule has 1 saturated heterocycles. The Bertz CT molecular complexity index is 395. The molecular formula is C14H22ClN3. The number of nitrogens with zero attached hydrogens (tertiary/aromatic N) is 2. The van der Waals surface area contributed by atoms with Crippen molar-refractivity contribution in [1.82, 2.24) is 10.3 Å². The second-order valence-electron chi connectivity index (χ2n) is 5.07. The molecule has 0 amide bonds. The van der Waals surface area contributed by atoms with E-state index in [1.165, 1.54) is 25.7 Å². The van der Waals surface area contributed by atoms with Gasteiger partial charge in [0.05, 0.1) is 5.02 Å². The minimum absolute atomic E-state index is 0.535. The van der Waals surface area contributed by atoms with Gasteiger partial charge in [-0.15, -0.1) is 0 Å². The van der Waals surface area contributed by atoms with Crippen molar-refractivity contribution < 1.29 is 0 Å². The predicted octanol–water partition coefficient (Wildman–Crippen LogP) is 3.22. The summed E-state index contributed by atoms with van der Waals surface area (Å²) in [7, 11) is 1.93. The van der Waals surface area contributed by atoms with Crippen LogP contribution < -0.4 is 10.2 Å². The zero-order valence-electron chi connectivity index (χ0n) is 11.2. The first-order chi connectivity index (χ1) is 8.72. The highest BCUT2D eigenvalue weighted by molar-refractivity contribution is 6.33. The van der Waals surface area contributed by atoms with E-state index in [2.05, 4.69) is 22.1 Å². The Balaban J connectivity index is 2.20. The van der Waals surface area contributed by atoms with E-state index in [0.717, 1.165) is 29.5 Å². The lowest BCUT2D eigenvalue weighted by molar-refractivity contribution is 0.611. The standard InChI is InChI=1S/C14H22ClN3/c1-11-6-4-3-5-7-18(11)14-13(15)8-12(9-16-2)10-17-14/h8,10-11,16H,3-7,9H2,1-2H3. The molecule has 2 rings (SSSR count). The van der Waals surface area contributed by atoms with Crippen molar-refractivity contribution in [2.45, 2.75) is 45.2 Å². The molecule has 0 aromatic carbocycles. The number of anilines is 1. The molecule has 0 bridgehead atoms. The Kier molecular flexibility index (Phi) is 4.84. The molecule has 1 aliphatic heterocycles. The van der Waals surface area contributed by atoms with Crippen LogP contribution >= 0.6 is 11.6 Å². The molecule has 0 saturated carbocycles. The zero-order valence-corrected chi connectivity index (χ0v) is 12.0. The summed E-state index contributed by atoms with van der Waals surface area (Å²) in [5.74, 6) is 0.950. The van der Waals surface area contributed by atoms with Crippen LogP contribution in [0.4, 0.5) is 5.82 Å². The van der Waals surface area contributed by atoms with E-state index >= 15 is 0 Å². The van der Waals surface area contributed by atoms with E-state index in [9.17, 15) is 0 Å². The molecule has 100 valence electrons. The number of hydrogen-bond acceptors (Lipinski definition) is 3.